The molecule has 0 fully saturated rings. The zero-order valence-electron chi connectivity index (χ0n) is 10.5. The highest BCUT2D eigenvalue weighted by Gasteiger charge is 2.13. The van der Waals surface area contributed by atoms with Gasteiger partial charge in [0.2, 0.25) is 0 Å². The molecular weight excluding hydrogens is 242 g/mol. The van der Waals surface area contributed by atoms with Crippen LogP contribution in [0.3, 0.4) is 0 Å². The lowest BCUT2D eigenvalue weighted by molar-refractivity contribution is -0.127. The van der Waals surface area contributed by atoms with Crippen LogP contribution in [0.25, 0.3) is 11.0 Å². The Balaban J connectivity index is 2.20. The number of benzene rings is 1. The summed E-state index contributed by atoms with van der Waals surface area (Å²) in [6, 6.07) is 5.33. The second-order valence-electron chi connectivity index (χ2n) is 4.04. The van der Waals surface area contributed by atoms with Gasteiger partial charge < -0.3 is 9.72 Å². The quantitative estimate of drug-likeness (QED) is 0.499. The van der Waals surface area contributed by atoms with Crippen molar-refractivity contribution in [1.82, 2.24) is 9.97 Å². The third-order valence-corrected chi connectivity index (χ3v) is 2.56. The summed E-state index contributed by atoms with van der Waals surface area (Å²) in [6.45, 7) is 1.89. The van der Waals surface area contributed by atoms with Gasteiger partial charge in [0.15, 0.2) is 0 Å². The topological polar surface area (TPSA) is 78.8 Å². The van der Waals surface area contributed by atoms with Crippen LogP contribution in [-0.4, -0.2) is 21.6 Å². The molecule has 2 aromatic rings. The highest BCUT2D eigenvalue weighted by molar-refractivity contribution is 6.35. The molecule has 19 heavy (non-hydrogen) atoms. The summed E-state index contributed by atoms with van der Waals surface area (Å²) in [5, 5.41) is 7.50. The van der Waals surface area contributed by atoms with Gasteiger partial charge in [-0.05, 0) is 24.6 Å². The smallest absolute Gasteiger partial charge is 0.359 e. The molecule has 0 aliphatic heterocycles. The van der Waals surface area contributed by atoms with E-state index in [2.05, 4.69) is 15.9 Å². The average Bonchev–Trinajstić information content (AvgIpc) is 2.79. The van der Waals surface area contributed by atoms with Gasteiger partial charge in [0.25, 0.3) is 0 Å². The number of carbonyl (C=O) groups excluding carboxylic acids is 1. The molecule has 0 saturated heterocycles. The first-order valence-electron chi connectivity index (χ1n) is 5.90. The number of ether oxygens (including phenoxy) is 1. The first kappa shape index (κ1) is 12.8. The maximum Gasteiger partial charge on any atom is 0.359 e. The number of hydrogen-bond acceptors (Lipinski definition) is 4. The Bertz CT molecular complexity index is 680. The van der Waals surface area contributed by atoms with Crippen LogP contribution in [0.5, 0.6) is 6.01 Å². The number of rotatable bonds is 4. The van der Waals surface area contributed by atoms with Crippen molar-refractivity contribution >= 4 is 22.7 Å². The minimum Gasteiger partial charge on any atom is -0.388 e. The Morgan fingerprint density at radius 3 is 3.05 bits per heavy atom. The van der Waals surface area contributed by atoms with Crippen molar-refractivity contribution in [3.8, 4) is 18.4 Å². The van der Waals surface area contributed by atoms with E-state index in [4.69, 9.17) is 16.6 Å². The van der Waals surface area contributed by atoms with Crippen molar-refractivity contribution in [2.24, 2.45) is 0 Å². The van der Waals surface area contributed by atoms with E-state index in [1.54, 1.807) is 18.2 Å². The third kappa shape index (κ3) is 2.80. The van der Waals surface area contributed by atoms with Crippen LogP contribution < -0.4 is 4.74 Å². The fourth-order valence-electron chi connectivity index (χ4n) is 1.63. The lowest BCUT2D eigenvalue weighted by Gasteiger charge is -2.00. The predicted molar refractivity (Wildman–Crippen MR) is 72.3 cm³/mol. The van der Waals surface area contributed by atoms with Gasteiger partial charge in [-0.2, -0.15) is 4.98 Å². The van der Waals surface area contributed by atoms with Gasteiger partial charge in [-0.3, -0.25) is 5.41 Å². The molecule has 5 nitrogen and oxygen atoms in total. The van der Waals surface area contributed by atoms with Crippen molar-refractivity contribution in [2.45, 2.75) is 19.8 Å². The molecule has 0 aliphatic rings. The molecule has 1 aromatic carbocycles. The second-order valence-corrected chi connectivity index (χ2v) is 4.04. The SMILES string of the molecule is C#Cc1ccc2nc(OC(=O)C(=N)CCC)[nH]c2c1. The van der Waals surface area contributed by atoms with E-state index in [0.717, 1.165) is 6.42 Å². The van der Waals surface area contributed by atoms with Gasteiger partial charge >= 0.3 is 12.0 Å². The fourth-order valence-corrected chi connectivity index (χ4v) is 1.63. The van der Waals surface area contributed by atoms with Crippen LogP contribution in [0.15, 0.2) is 18.2 Å². The minimum absolute atomic E-state index is 0.0627. The molecule has 0 saturated carbocycles. The molecular formula is C14H13N3O2. The average molecular weight is 255 g/mol. The molecule has 96 valence electrons. The Morgan fingerprint density at radius 1 is 1.58 bits per heavy atom. The summed E-state index contributed by atoms with van der Waals surface area (Å²) >= 11 is 0. The van der Waals surface area contributed by atoms with Crippen LogP contribution in [0.1, 0.15) is 25.3 Å². The number of esters is 1. The molecule has 0 radical (unpaired) electrons. The van der Waals surface area contributed by atoms with Crippen molar-refractivity contribution in [3.05, 3.63) is 23.8 Å². The normalized spacial score (nSPS) is 10.1. The number of aromatic amines is 1. The van der Waals surface area contributed by atoms with Gasteiger partial charge in [-0.15, -0.1) is 6.42 Å². The van der Waals surface area contributed by atoms with E-state index in [-0.39, 0.29) is 11.7 Å². The van der Waals surface area contributed by atoms with E-state index >= 15 is 0 Å². The zero-order valence-corrected chi connectivity index (χ0v) is 10.5. The van der Waals surface area contributed by atoms with Crippen LogP contribution in [0.2, 0.25) is 0 Å². The Kier molecular flexibility index (Phi) is 3.62. The molecule has 1 heterocycles. The molecule has 0 unspecified atom stereocenters. The molecule has 0 amide bonds. The number of carbonyl (C=O) groups is 1. The van der Waals surface area contributed by atoms with E-state index < -0.39 is 5.97 Å². The highest BCUT2D eigenvalue weighted by Crippen LogP contribution is 2.17. The Morgan fingerprint density at radius 2 is 2.37 bits per heavy atom. The maximum atomic E-state index is 11.6. The lowest BCUT2D eigenvalue weighted by atomic mass is 10.2. The summed E-state index contributed by atoms with van der Waals surface area (Å²) in [4.78, 5) is 18.5. The molecule has 0 spiro atoms. The van der Waals surface area contributed by atoms with Gasteiger partial charge in [-0.1, -0.05) is 19.3 Å². The van der Waals surface area contributed by atoms with Gasteiger partial charge in [0, 0.05) is 5.56 Å². The monoisotopic (exact) mass is 255 g/mol. The van der Waals surface area contributed by atoms with Crippen molar-refractivity contribution in [3.63, 3.8) is 0 Å². The van der Waals surface area contributed by atoms with E-state index in [1.165, 1.54) is 0 Å². The maximum absolute atomic E-state index is 11.6. The molecule has 2 N–H and O–H groups in total. The highest BCUT2D eigenvalue weighted by atomic mass is 16.5. The Labute approximate surface area is 110 Å². The van der Waals surface area contributed by atoms with Crippen molar-refractivity contribution < 1.29 is 9.53 Å². The van der Waals surface area contributed by atoms with Crippen molar-refractivity contribution in [1.29, 1.82) is 5.41 Å². The number of H-pyrrole nitrogens is 1. The summed E-state index contributed by atoms with van der Waals surface area (Å²) in [5.74, 6) is 1.83. The summed E-state index contributed by atoms with van der Waals surface area (Å²) < 4.78 is 5.01. The second kappa shape index (κ2) is 5.36. The summed E-state index contributed by atoms with van der Waals surface area (Å²) in [5.41, 5.74) is 2.00. The fraction of sp³-hybridized carbons (Fsp3) is 0.214. The van der Waals surface area contributed by atoms with E-state index in [0.29, 0.717) is 23.0 Å². The molecule has 2 rings (SSSR count). The summed E-state index contributed by atoms with van der Waals surface area (Å²) in [6.07, 6.45) is 6.41. The van der Waals surface area contributed by atoms with Crippen LogP contribution >= 0.6 is 0 Å². The Hall–Kier alpha value is -2.61. The number of aromatic nitrogens is 2. The van der Waals surface area contributed by atoms with E-state index in [9.17, 15) is 4.79 Å². The molecule has 0 bridgehead atoms. The molecule has 0 aliphatic carbocycles. The zero-order chi connectivity index (χ0) is 13.8. The first-order chi connectivity index (χ1) is 9.13. The van der Waals surface area contributed by atoms with Gasteiger partial charge in [0.05, 0.1) is 11.0 Å². The lowest BCUT2D eigenvalue weighted by Crippen LogP contribution is -2.19. The van der Waals surface area contributed by atoms with Gasteiger partial charge in [0.1, 0.15) is 5.71 Å². The molecule has 5 heteroatoms. The van der Waals surface area contributed by atoms with Crippen molar-refractivity contribution in [2.75, 3.05) is 0 Å². The summed E-state index contributed by atoms with van der Waals surface area (Å²) in [7, 11) is 0. The van der Waals surface area contributed by atoms with Crippen LogP contribution in [0.4, 0.5) is 0 Å². The number of fused-ring (bicyclic) bond motifs is 1. The number of hydrogen-bond donors (Lipinski definition) is 2. The standard InChI is InChI=1S/C14H13N3O2/c1-3-5-10(15)13(18)19-14-16-11-7-6-9(4-2)8-12(11)17-14/h2,6-8,15H,3,5H2,1H3,(H,16,17). The minimum atomic E-state index is -0.682. The van der Waals surface area contributed by atoms with Crippen LogP contribution in [-0.2, 0) is 4.79 Å². The number of nitrogens with zero attached hydrogens (tertiary/aromatic N) is 1. The molecule has 1 aromatic heterocycles. The van der Waals surface area contributed by atoms with Crippen LogP contribution in [0, 0.1) is 17.8 Å². The molecule has 0 atom stereocenters. The number of nitrogens with one attached hydrogen (secondary N) is 2. The largest absolute Gasteiger partial charge is 0.388 e. The predicted octanol–water partition coefficient (Wildman–Crippen LogP) is 2.27. The first-order valence-corrected chi connectivity index (χ1v) is 5.90. The third-order valence-electron chi connectivity index (χ3n) is 2.56. The van der Waals surface area contributed by atoms with E-state index in [1.807, 2.05) is 6.92 Å². The number of terminal acetylenes is 1. The van der Waals surface area contributed by atoms with Gasteiger partial charge in [-0.25, -0.2) is 4.79 Å². The number of imidazole rings is 1.